The molecule has 0 amide bonds. The van der Waals surface area contributed by atoms with Crippen molar-refractivity contribution in [3.63, 3.8) is 0 Å². The Morgan fingerprint density at radius 2 is 0.705 bits per heavy atom. The zero-order valence-corrected chi connectivity index (χ0v) is 25.6. The van der Waals surface area contributed by atoms with Crippen LogP contribution in [0.2, 0.25) is 0 Å². The molecule has 44 heavy (non-hydrogen) atoms. The van der Waals surface area contributed by atoms with Crippen LogP contribution in [0, 0.1) is 0 Å². The quantitative estimate of drug-likeness (QED) is 0.0861. The number of carbonyl (C=O) groups is 5. The van der Waals surface area contributed by atoms with Crippen molar-refractivity contribution in [1.29, 1.82) is 0 Å². The second kappa shape index (κ2) is 25.9. The van der Waals surface area contributed by atoms with Gasteiger partial charge in [-0.1, -0.05) is 6.42 Å². The van der Waals surface area contributed by atoms with Gasteiger partial charge in [0.1, 0.15) is 0 Å². The van der Waals surface area contributed by atoms with Crippen molar-refractivity contribution in [3.8, 4) is 0 Å². The van der Waals surface area contributed by atoms with Gasteiger partial charge in [0.05, 0.1) is 44.2 Å². The van der Waals surface area contributed by atoms with E-state index < -0.39 is 11.9 Å². The van der Waals surface area contributed by atoms with Gasteiger partial charge in [0.2, 0.25) is 0 Å². The first-order valence-electron chi connectivity index (χ1n) is 15.5. The Labute approximate surface area is 259 Å². The Morgan fingerprint density at radius 1 is 0.409 bits per heavy atom. The molecule has 248 valence electrons. The number of hydrogen-bond donors (Lipinski definition) is 2. The molecule has 0 saturated heterocycles. The van der Waals surface area contributed by atoms with Gasteiger partial charge in [-0.2, -0.15) is 0 Å². The molecule has 0 aliphatic rings. The van der Waals surface area contributed by atoms with E-state index in [4.69, 9.17) is 33.9 Å². The maximum Gasteiger partial charge on any atom is 0.338 e. The molecule has 1 aromatic rings. The molecule has 12 nitrogen and oxygen atoms in total. The number of benzene rings is 1. The van der Waals surface area contributed by atoms with E-state index in [9.17, 15) is 24.0 Å². The molecule has 0 radical (unpaired) electrons. The first-order valence-corrected chi connectivity index (χ1v) is 15.5. The summed E-state index contributed by atoms with van der Waals surface area (Å²) in [6, 6.07) is 5.95. The third kappa shape index (κ3) is 20.4. The van der Waals surface area contributed by atoms with E-state index in [1.807, 2.05) is 0 Å². The van der Waals surface area contributed by atoms with E-state index in [1.165, 1.54) is 24.3 Å². The standard InChI is InChI=1S/C32H48O12/c33-19-5-1-2-12-28(35)40-21-8-9-22-41-29(36)13-3-4-14-30(37)42-23-10-11-25-44-32(39)27-17-15-26(16-18-27)31(38)43-24-7-6-20-34/h15-18,33-34H,1-14,19-25H2. The van der Waals surface area contributed by atoms with E-state index in [2.05, 4.69) is 0 Å². The highest BCUT2D eigenvalue weighted by atomic mass is 16.5. The van der Waals surface area contributed by atoms with Crippen LogP contribution in [0.4, 0.5) is 0 Å². The van der Waals surface area contributed by atoms with Crippen LogP contribution in [0.3, 0.4) is 0 Å². The second-order valence-corrected chi connectivity index (χ2v) is 10.1. The van der Waals surface area contributed by atoms with E-state index in [0.717, 1.165) is 6.42 Å². The van der Waals surface area contributed by atoms with Gasteiger partial charge in [0.15, 0.2) is 0 Å². The predicted molar refractivity (Wildman–Crippen MR) is 159 cm³/mol. The second-order valence-electron chi connectivity index (χ2n) is 10.1. The minimum atomic E-state index is -0.522. The lowest BCUT2D eigenvalue weighted by molar-refractivity contribution is -0.146. The molecule has 0 spiro atoms. The van der Waals surface area contributed by atoms with Crippen LogP contribution in [0.25, 0.3) is 0 Å². The first-order chi connectivity index (χ1) is 21.4. The zero-order chi connectivity index (χ0) is 32.3. The van der Waals surface area contributed by atoms with Crippen LogP contribution < -0.4 is 0 Å². The summed E-state index contributed by atoms with van der Waals surface area (Å²) < 4.78 is 25.7. The Morgan fingerprint density at radius 3 is 1.07 bits per heavy atom. The van der Waals surface area contributed by atoms with Crippen molar-refractivity contribution in [2.24, 2.45) is 0 Å². The van der Waals surface area contributed by atoms with Gasteiger partial charge in [-0.05, 0) is 88.5 Å². The van der Waals surface area contributed by atoms with Gasteiger partial charge in [0.25, 0.3) is 0 Å². The summed E-state index contributed by atoms with van der Waals surface area (Å²) in [6.07, 6.45) is 7.28. The number of aliphatic hydroxyl groups excluding tert-OH is 2. The highest BCUT2D eigenvalue weighted by Crippen LogP contribution is 2.09. The average Bonchev–Trinajstić information content (AvgIpc) is 3.02. The van der Waals surface area contributed by atoms with Crippen molar-refractivity contribution in [3.05, 3.63) is 35.4 Å². The van der Waals surface area contributed by atoms with Crippen LogP contribution in [-0.4, -0.2) is 86.3 Å². The molecule has 1 rings (SSSR count). The highest BCUT2D eigenvalue weighted by molar-refractivity contribution is 5.93. The Hall–Kier alpha value is -3.51. The SMILES string of the molecule is O=C(CCCCCO)OCCCCOC(=O)CCCCC(=O)OCCCCOC(=O)c1ccc(C(=O)OCCCCO)cc1. The molecule has 0 heterocycles. The van der Waals surface area contributed by atoms with Gasteiger partial charge in [-0.15, -0.1) is 0 Å². The van der Waals surface area contributed by atoms with E-state index in [-0.39, 0.29) is 77.0 Å². The Kier molecular flexibility index (Phi) is 22.7. The molecule has 0 fully saturated rings. The molecular weight excluding hydrogens is 576 g/mol. The molecular formula is C32H48O12. The summed E-state index contributed by atoms with van der Waals surface area (Å²) in [5.74, 6) is -1.97. The first kappa shape index (κ1) is 38.5. The number of carbonyl (C=O) groups excluding carboxylic acids is 5. The van der Waals surface area contributed by atoms with Gasteiger partial charge in [-0.25, -0.2) is 9.59 Å². The highest BCUT2D eigenvalue weighted by Gasteiger charge is 2.11. The Bertz CT molecular complexity index is 960. The van der Waals surface area contributed by atoms with Crippen LogP contribution in [-0.2, 0) is 38.1 Å². The molecule has 0 atom stereocenters. The van der Waals surface area contributed by atoms with E-state index in [0.29, 0.717) is 81.8 Å². The molecule has 1 aromatic carbocycles. The topological polar surface area (TPSA) is 172 Å². The lowest BCUT2D eigenvalue weighted by atomic mass is 10.1. The maximum absolute atomic E-state index is 12.2. The number of ether oxygens (including phenoxy) is 5. The van der Waals surface area contributed by atoms with Crippen LogP contribution in [0.1, 0.15) is 111 Å². The zero-order valence-electron chi connectivity index (χ0n) is 25.6. The largest absolute Gasteiger partial charge is 0.466 e. The van der Waals surface area contributed by atoms with Crippen molar-refractivity contribution in [2.45, 2.75) is 89.9 Å². The smallest absolute Gasteiger partial charge is 0.338 e. The number of hydrogen-bond acceptors (Lipinski definition) is 12. The van der Waals surface area contributed by atoms with Gasteiger partial charge < -0.3 is 33.9 Å². The molecule has 2 N–H and O–H groups in total. The molecule has 0 saturated carbocycles. The summed E-state index contributed by atoms with van der Waals surface area (Å²) in [6.45, 7) is 1.28. The summed E-state index contributed by atoms with van der Waals surface area (Å²) in [4.78, 5) is 59.3. The number of rotatable bonds is 26. The van der Waals surface area contributed by atoms with E-state index in [1.54, 1.807) is 0 Å². The molecule has 0 aromatic heterocycles. The molecule has 0 bridgehead atoms. The maximum atomic E-state index is 12.2. The average molecular weight is 625 g/mol. The van der Waals surface area contributed by atoms with Crippen molar-refractivity contribution >= 4 is 29.8 Å². The number of aliphatic hydroxyl groups is 2. The monoisotopic (exact) mass is 624 g/mol. The predicted octanol–water partition coefficient (Wildman–Crippen LogP) is 4.08. The number of esters is 5. The van der Waals surface area contributed by atoms with Gasteiger partial charge in [0, 0.05) is 32.5 Å². The minimum absolute atomic E-state index is 0.0439. The van der Waals surface area contributed by atoms with Gasteiger partial charge in [-0.3, -0.25) is 14.4 Å². The third-order valence-corrected chi connectivity index (χ3v) is 6.29. The van der Waals surface area contributed by atoms with E-state index >= 15 is 0 Å². The molecule has 0 aliphatic heterocycles. The molecule has 0 unspecified atom stereocenters. The van der Waals surface area contributed by atoms with Crippen molar-refractivity contribution in [2.75, 3.05) is 46.2 Å². The van der Waals surface area contributed by atoms with Crippen molar-refractivity contribution in [1.82, 2.24) is 0 Å². The molecule has 12 heteroatoms. The lowest BCUT2D eigenvalue weighted by Crippen LogP contribution is -2.10. The fourth-order valence-electron chi connectivity index (χ4n) is 3.73. The summed E-state index contributed by atoms with van der Waals surface area (Å²) in [7, 11) is 0. The summed E-state index contributed by atoms with van der Waals surface area (Å²) in [5.41, 5.74) is 0.621. The van der Waals surface area contributed by atoms with Crippen molar-refractivity contribution < 1.29 is 57.9 Å². The van der Waals surface area contributed by atoms with Crippen LogP contribution in [0.15, 0.2) is 24.3 Å². The fourth-order valence-corrected chi connectivity index (χ4v) is 3.73. The third-order valence-electron chi connectivity index (χ3n) is 6.29. The van der Waals surface area contributed by atoms with Crippen LogP contribution in [0.5, 0.6) is 0 Å². The fraction of sp³-hybridized carbons (Fsp3) is 0.656. The minimum Gasteiger partial charge on any atom is -0.466 e. The van der Waals surface area contributed by atoms with Gasteiger partial charge >= 0.3 is 29.8 Å². The molecule has 0 aliphatic carbocycles. The summed E-state index contributed by atoms with van der Waals surface area (Å²) in [5, 5.41) is 17.4. The lowest BCUT2D eigenvalue weighted by Gasteiger charge is -2.08. The Balaban J connectivity index is 1.99. The van der Waals surface area contributed by atoms with Crippen LogP contribution >= 0.6 is 0 Å². The summed E-state index contributed by atoms with van der Waals surface area (Å²) >= 11 is 0. The number of unbranched alkanes of at least 4 members (excludes halogenated alkanes) is 6. The normalized spacial score (nSPS) is 10.6.